The van der Waals surface area contributed by atoms with Crippen molar-refractivity contribution in [1.29, 1.82) is 0 Å². The van der Waals surface area contributed by atoms with Gasteiger partial charge in [0.2, 0.25) is 11.8 Å². The summed E-state index contributed by atoms with van der Waals surface area (Å²) in [6, 6.07) is 5.54. The molecule has 1 saturated carbocycles. The van der Waals surface area contributed by atoms with Gasteiger partial charge in [-0.1, -0.05) is 18.9 Å². The van der Waals surface area contributed by atoms with Crippen molar-refractivity contribution in [3.63, 3.8) is 0 Å². The fourth-order valence-electron chi connectivity index (χ4n) is 3.84. The summed E-state index contributed by atoms with van der Waals surface area (Å²) in [4.78, 5) is 38.4. The molecular weight excluding hydrogens is 336 g/mol. The SMILES string of the molecule is COc1ccc(C)cc1N1CC(C(=O)NC2(C(=O)O)CCCC2)CC1=O. The first-order valence-corrected chi connectivity index (χ1v) is 8.87. The van der Waals surface area contributed by atoms with Crippen molar-refractivity contribution in [3.8, 4) is 5.75 Å². The van der Waals surface area contributed by atoms with Crippen LogP contribution in [0.15, 0.2) is 18.2 Å². The van der Waals surface area contributed by atoms with Crippen LogP contribution in [-0.4, -0.2) is 42.1 Å². The maximum absolute atomic E-state index is 12.7. The number of methoxy groups -OCH3 is 1. The van der Waals surface area contributed by atoms with Gasteiger partial charge in [0, 0.05) is 13.0 Å². The lowest BCUT2D eigenvalue weighted by molar-refractivity contribution is -0.148. The second-order valence-corrected chi connectivity index (χ2v) is 7.16. The lowest BCUT2D eigenvalue weighted by atomic mass is 9.96. The summed E-state index contributed by atoms with van der Waals surface area (Å²) < 4.78 is 5.34. The summed E-state index contributed by atoms with van der Waals surface area (Å²) in [6.07, 6.45) is 2.50. The number of aryl methyl sites for hydroxylation is 1. The number of nitrogens with zero attached hydrogens (tertiary/aromatic N) is 1. The number of hydrogen-bond acceptors (Lipinski definition) is 4. The van der Waals surface area contributed by atoms with Gasteiger partial charge in [-0.2, -0.15) is 0 Å². The lowest BCUT2D eigenvalue weighted by Gasteiger charge is -2.27. The topological polar surface area (TPSA) is 95.9 Å². The molecule has 2 fully saturated rings. The molecule has 26 heavy (non-hydrogen) atoms. The van der Waals surface area contributed by atoms with Gasteiger partial charge in [-0.05, 0) is 37.5 Å². The predicted molar refractivity (Wildman–Crippen MR) is 95.2 cm³/mol. The Kier molecular flexibility index (Phi) is 4.89. The number of aliphatic carboxylic acids is 1. The van der Waals surface area contributed by atoms with Gasteiger partial charge in [0.15, 0.2) is 0 Å². The molecule has 1 aliphatic carbocycles. The Morgan fingerprint density at radius 3 is 2.62 bits per heavy atom. The van der Waals surface area contributed by atoms with E-state index in [9.17, 15) is 19.5 Å². The molecule has 0 spiro atoms. The number of carbonyl (C=O) groups is 3. The first-order chi connectivity index (χ1) is 12.4. The highest BCUT2D eigenvalue weighted by Gasteiger charge is 2.45. The van der Waals surface area contributed by atoms with Gasteiger partial charge in [0.1, 0.15) is 11.3 Å². The molecule has 1 aliphatic heterocycles. The van der Waals surface area contributed by atoms with Crippen LogP contribution in [0.4, 0.5) is 5.69 Å². The number of hydrogen-bond donors (Lipinski definition) is 2. The summed E-state index contributed by atoms with van der Waals surface area (Å²) in [5.74, 6) is -1.51. The zero-order valence-corrected chi connectivity index (χ0v) is 15.1. The molecule has 7 heteroatoms. The normalized spacial score (nSPS) is 21.7. The van der Waals surface area contributed by atoms with E-state index in [2.05, 4.69) is 5.32 Å². The fourth-order valence-corrected chi connectivity index (χ4v) is 3.84. The minimum atomic E-state index is -1.19. The molecule has 0 bridgehead atoms. The van der Waals surface area contributed by atoms with Crippen LogP contribution in [0, 0.1) is 12.8 Å². The summed E-state index contributed by atoms with van der Waals surface area (Å²) in [5, 5.41) is 12.2. The molecule has 0 aromatic heterocycles. The average Bonchev–Trinajstić information content (AvgIpc) is 3.22. The van der Waals surface area contributed by atoms with Gasteiger partial charge in [0.05, 0.1) is 18.7 Å². The highest BCUT2D eigenvalue weighted by Crippen LogP contribution is 2.35. The van der Waals surface area contributed by atoms with E-state index in [1.165, 1.54) is 7.11 Å². The molecule has 2 aliphatic rings. The quantitative estimate of drug-likeness (QED) is 0.836. The molecule has 1 heterocycles. The Balaban J connectivity index is 1.76. The number of anilines is 1. The molecule has 1 aromatic carbocycles. The minimum absolute atomic E-state index is 0.0681. The maximum atomic E-state index is 12.7. The van der Waals surface area contributed by atoms with Crippen LogP contribution < -0.4 is 15.0 Å². The standard InChI is InChI=1S/C19H24N2O5/c1-12-5-6-15(26-2)14(9-12)21-11-13(10-16(21)22)17(23)20-19(18(24)25)7-3-4-8-19/h5-6,9,13H,3-4,7-8,10-11H2,1-2H3,(H,20,23)(H,24,25). The van der Waals surface area contributed by atoms with Crippen molar-refractivity contribution < 1.29 is 24.2 Å². The lowest BCUT2D eigenvalue weighted by Crippen LogP contribution is -2.54. The van der Waals surface area contributed by atoms with Crippen LogP contribution in [0.3, 0.4) is 0 Å². The van der Waals surface area contributed by atoms with E-state index >= 15 is 0 Å². The number of benzene rings is 1. The highest BCUT2D eigenvalue weighted by atomic mass is 16.5. The molecule has 1 aromatic rings. The minimum Gasteiger partial charge on any atom is -0.495 e. The molecular formula is C19H24N2O5. The third-order valence-electron chi connectivity index (χ3n) is 5.35. The molecule has 2 amide bonds. The van der Waals surface area contributed by atoms with Gasteiger partial charge in [-0.25, -0.2) is 4.79 Å². The molecule has 1 saturated heterocycles. The highest BCUT2D eigenvalue weighted by molar-refractivity contribution is 6.02. The second kappa shape index (κ2) is 6.97. The van der Waals surface area contributed by atoms with Crippen molar-refractivity contribution in [2.24, 2.45) is 5.92 Å². The molecule has 1 unspecified atom stereocenters. The van der Waals surface area contributed by atoms with Crippen LogP contribution >= 0.6 is 0 Å². The first kappa shape index (κ1) is 18.2. The summed E-state index contributed by atoms with van der Waals surface area (Å²) in [7, 11) is 1.54. The first-order valence-electron chi connectivity index (χ1n) is 8.87. The van der Waals surface area contributed by atoms with Crippen molar-refractivity contribution in [2.75, 3.05) is 18.6 Å². The summed E-state index contributed by atoms with van der Waals surface area (Å²) in [5.41, 5.74) is 0.438. The van der Waals surface area contributed by atoms with Gasteiger partial charge in [-0.15, -0.1) is 0 Å². The Morgan fingerprint density at radius 2 is 2.00 bits per heavy atom. The van der Waals surface area contributed by atoms with Gasteiger partial charge >= 0.3 is 5.97 Å². The van der Waals surface area contributed by atoms with Gasteiger partial charge in [0.25, 0.3) is 0 Å². The number of rotatable bonds is 5. The third kappa shape index (κ3) is 3.25. The number of nitrogens with one attached hydrogen (secondary N) is 1. The van der Waals surface area contributed by atoms with E-state index in [0.717, 1.165) is 18.4 Å². The van der Waals surface area contributed by atoms with E-state index in [1.807, 2.05) is 19.1 Å². The van der Waals surface area contributed by atoms with Crippen molar-refractivity contribution in [1.82, 2.24) is 5.32 Å². The Labute approximate surface area is 152 Å². The van der Waals surface area contributed by atoms with Crippen LogP contribution in [0.5, 0.6) is 5.75 Å². The average molecular weight is 360 g/mol. The van der Waals surface area contributed by atoms with E-state index in [1.54, 1.807) is 11.0 Å². The van der Waals surface area contributed by atoms with Crippen LogP contribution in [0.25, 0.3) is 0 Å². The number of carboxylic acids is 1. The molecule has 7 nitrogen and oxygen atoms in total. The molecule has 1 atom stereocenters. The van der Waals surface area contributed by atoms with Crippen LogP contribution in [0.1, 0.15) is 37.7 Å². The van der Waals surface area contributed by atoms with E-state index in [4.69, 9.17) is 4.74 Å². The number of amides is 2. The van der Waals surface area contributed by atoms with Crippen molar-refractivity contribution >= 4 is 23.5 Å². The van der Waals surface area contributed by atoms with E-state index in [-0.39, 0.29) is 24.8 Å². The Morgan fingerprint density at radius 1 is 1.31 bits per heavy atom. The molecule has 0 radical (unpaired) electrons. The van der Waals surface area contributed by atoms with Gasteiger partial charge in [-0.3, -0.25) is 9.59 Å². The van der Waals surface area contributed by atoms with Crippen molar-refractivity contribution in [2.45, 2.75) is 44.6 Å². The Hall–Kier alpha value is -2.57. The maximum Gasteiger partial charge on any atom is 0.329 e. The van der Waals surface area contributed by atoms with Gasteiger partial charge < -0.3 is 20.1 Å². The second-order valence-electron chi connectivity index (χ2n) is 7.16. The van der Waals surface area contributed by atoms with E-state index in [0.29, 0.717) is 24.3 Å². The van der Waals surface area contributed by atoms with Crippen LogP contribution in [0.2, 0.25) is 0 Å². The monoisotopic (exact) mass is 360 g/mol. The smallest absolute Gasteiger partial charge is 0.329 e. The molecule has 140 valence electrons. The fraction of sp³-hybridized carbons (Fsp3) is 0.526. The summed E-state index contributed by atoms with van der Waals surface area (Å²) >= 11 is 0. The number of carboxylic acid groups (broad SMARTS) is 1. The summed E-state index contributed by atoms with van der Waals surface area (Å²) in [6.45, 7) is 2.14. The van der Waals surface area contributed by atoms with E-state index < -0.39 is 17.4 Å². The molecule has 2 N–H and O–H groups in total. The zero-order chi connectivity index (χ0) is 18.9. The number of ether oxygens (including phenoxy) is 1. The van der Waals surface area contributed by atoms with Crippen LogP contribution in [-0.2, 0) is 14.4 Å². The predicted octanol–water partition coefficient (Wildman–Crippen LogP) is 1.87. The number of carbonyl (C=O) groups excluding carboxylic acids is 2. The largest absolute Gasteiger partial charge is 0.495 e. The molecule has 3 rings (SSSR count). The zero-order valence-electron chi connectivity index (χ0n) is 15.1. The van der Waals surface area contributed by atoms with Crippen molar-refractivity contribution in [3.05, 3.63) is 23.8 Å². The third-order valence-corrected chi connectivity index (χ3v) is 5.35. The Bertz CT molecular complexity index is 739.